The fourth-order valence-corrected chi connectivity index (χ4v) is 2.83. The molecule has 2 aromatic rings. The molecule has 1 atom stereocenters. The number of nitrogens with one attached hydrogen (secondary N) is 1. The molecule has 3 rings (SSSR count). The van der Waals surface area contributed by atoms with Gasteiger partial charge in [-0.2, -0.15) is 4.98 Å². The highest BCUT2D eigenvalue weighted by Crippen LogP contribution is 2.14. The Morgan fingerprint density at radius 2 is 2.00 bits per heavy atom. The predicted octanol–water partition coefficient (Wildman–Crippen LogP) is 2.24. The highest BCUT2D eigenvalue weighted by atomic mass is 19.2. The van der Waals surface area contributed by atoms with Crippen molar-refractivity contribution in [2.75, 3.05) is 26.2 Å². The Labute approximate surface area is 150 Å². The van der Waals surface area contributed by atoms with Gasteiger partial charge in [0.05, 0.1) is 0 Å². The Morgan fingerprint density at radius 3 is 2.62 bits per heavy atom. The van der Waals surface area contributed by atoms with E-state index in [0.717, 1.165) is 6.07 Å². The van der Waals surface area contributed by atoms with E-state index in [2.05, 4.69) is 20.4 Å². The van der Waals surface area contributed by atoms with Gasteiger partial charge < -0.3 is 14.7 Å². The van der Waals surface area contributed by atoms with Crippen molar-refractivity contribution >= 4 is 6.03 Å². The minimum absolute atomic E-state index is 0.194. The molecule has 1 fully saturated rings. The molecule has 0 bridgehead atoms. The van der Waals surface area contributed by atoms with Gasteiger partial charge in [0.15, 0.2) is 17.5 Å². The molecule has 0 radical (unpaired) electrons. The van der Waals surface area contributed by atoms with Crippen LogP contribution in [0.2, 0.25) is 0 Å². The van der Waals surface area contributed by atoms with Crippen LogP contribution in [0, 0.1) is 18.6 Å². The van der Waals surface area contributed by atoms with Crippen LogP contribution in [0.1, 0.15) is 30.2 Å². The van der Waals surface area contributed by atoms with Crippen LogP contribution in [0.3, 0.4) is 0 Å². The molecular formula is C17H21F2N5O2. The maximum Gasteiger partial charge on any atom is 0.318 e. The summed E-state index contributed by atoms with van der Waals surface area (Å²) in [6.45, 7) is 6.42. The number of carbonyl (C=O) groups excluding carboxylic acids is 1. The third kappa shape index (κ3) is 4.34. The first-order valence-corrected chi connectivity index (χ1v) is 8.44. The second-order valence-corrected chi connectivity index (χ2v) is 6.36. The smallest absolute Gasteiger partial charge is 0.318 e. The zero-order chi connectivity index (χ0) is 18.7. The van der Waals surface area contributed by atoms with Crippen molar-refractivity contribution in [2.45, 2.75) is 26.4 Å². The number of carbonyl (C=O) groups is 1. The predicted molar refractivity (Wildman–Crippen MR) is 89.2 cm³/mol. The lowest BCUT2D eigenvalue weighted by Gasteiger charge is -2.35. The van der Waals surface area contributed by atoms with E-state index in [1.807, 2.05) is 0 Å². The van der Waals surface area contributed by atoms with Crippen LogP contribution < -0.4 is 5.32 Å². The van der Waals surface area contributed by atoms with Gasteiger partial charge in [-0.1, -0.05) is 11.2 Å². The number of aryl methyl sites for hydroxylation is 1. The van der Waals surface area contributed by atoms with Gasteiger partial charge in [-0.3, -0.25) is 4.90 Å². The van der Waals surface area contributed by atoms with Crippen molar-refractivity contribution in [3.8, 4) is 0 Å². The Hall–Kier alpha value is -2.55. The Kier molecular flexibility index (Phi) is 5.46. The second-order valence-electron chi connectivity index (χ2n) is 6.36. The van der Waals surface area contributed by atoms with Crippen LogP contribution in [0.4, 0.5) is 13.6 Å². The van der Waals surface area contributed by atoms with Crippen molar-refractivity contribution in [1.82, 2.24) is 25.3 Å². The summed E-state index contributed by atoms with van der Waals surface area (Å²) in [6.07, 6.45) is 0. The van der Waals surface area contributed by atoms with Gasteiger partial charge in [-0.15, -0.1) is 0 Å². The summed E-state index contributed by atoms with van der Waals surface area (Å²) in [5, 5.41) is 6.55. The normalized spacial score (nSPS) is 16.5. The molecule has 7 nitrogen and oxygen atoms in total. The summed E-state index contributed by atoms with van der Waals surface area (Å²) in [6, 6.07) is 3.35. The second kappa shape index (κ2) is 7.77. The molecule has 26 heavy (non-hydrogen) atoms. The van der Waals surface area contributed by atoms with Crippen molar-refractivity contribution in [3.05, 3.63) is 47.1 Å². The molecule has 0 unspecified atom stereocenters. The maximum atomic E-state index is 13.3. The van der Waals surface area contributed by atoms with Crippen LogP contribution >= 0.6 is 0 Å². The molecule has 2 amide bonds. The van der Waals surface area contributed by atoms with Gasteiger partial charge in [0.2, 0.25) is 5.89 Å². The van der Waals surface area contributed by atoms with Crippen molar-refractivity contribution in [2.24, 2.45) is 0 Å². The number of benzene rings is 1. The van der Waals surface area contributed by atoms with Crippen LogP contribution in [-0.4, -0.2) is 52.2 Å². The van der Waals surface area contributed by atoms with Crippen LogP contribution in [0.25, 0.3) is 0 Å². The Balaban J connectivity index is 1.48. The summed E-state index contributed by atoms with van der Waals surface area (Å²) in [5.74, 6) is -0.800. The van der Waals surface area contributed by atoms with Gasteiger partial charge in [-0.05, 0) is 31.5 Å². The van der Waals surface area contributed by atoms with E-state index in [-0.39, 0.29) is 12.1 Å². The summed E-state index contributed by atoms with van der Waals surface area (Å²) in [5.41, 5.74) is 0.710. The summed E-state index contributed by atoms with van der Waals surface area (Å²) in [4.78, 5) is 20.3. The third-order valence-corrected chi connectivity index (χ3v) is 4.30. The highest BCUT2D eigenvalue weighted by molar-refractivity contribution is 5.74. The molecule has 1 aromatic carbocycles. The number of amides is 2. The highest BCUT2D eigenvalue weighted by Gasteiger charge is 2.24. The first kappa shape index (κ1) is 18.2. The first-order chi connectivity index (χ1) is 12.4. The van der Waals surface area contributed by atoms with E-state index in [4.69, 9.17) is 4.52 Å². The zero-order valence-electron chi connectivity index (χ0n) is 14.7. The largest absolute Gasteiger partial charge is 0.337 e. The topological polar surface area (TPSA) is 74.5 Å². The maximum absolute atomic E-state index is 13.3. The number of aromatic nitrogens is 2. The molecule has 140 valence electrons. The van der Waals surface area contributed by atoms with Crippen LogP contribution in [-0.2, 0) is 6.54 Å². The van der Waals surface area contributed by atoms with Crippen LogP contribution in [0.5, 0.6) is 0 Å². The quantitative estimate of drug-likeness (QED) is 0.900. The molecule has 1 saturated heterocycles. The molecule has 1 aliphatic heterocycles. The van der Waals surface area contributed by atoms with Gasteiger partial charge in [0.1, 0.15) is 6.04 Å². The monoisotopic (exact) mass is 365 g/mol. The van der Waals surface area contributed by atoms with Gasteiger partial charge in [0, 0.05) is 32.7 Å². The fraction of sp³-hybridized carbons (Fsp3) is 0.471. The fourth-order valence-electron chi connectivity index (χ4n) is 2.83. The standard InChI is InChI=1S/C17H21F2N5O2/c1-11(16-21-12(2)22-26-16)20-17(25)24-7-5-23(6-8-24)10-13-3-4-14(18)15(19)9-13/h3-4,9,11H,5-8,10H2,1-2H3,(H,20,25)/t11-/m0/s1. The lowest BCUT2D eigenvalue weighted by molar-refractivity contribution is 0.132. The van der Waals surface area contributed by atoms with E-state index in [0.29, 0.717) is 50.0 Å². The molecule has 0 spiro atoms. The molecule has 1 N–H and O–H groups in total. The third-order valence-electron chi connectivity index (χ3n) is 4.30. The number of rotatable bonds is 4. The Morgan fingerprint density at radius 1 is 1.27 bits per heavy atom. The number of hydrogen-bond acceptors (Lipinski definition) is 5. The number of piperazine rings is 1. The molecular weight excluding hydrogens is 344 g/mol. The zero-order valence-corrected chi connectivity index (χ0v) is 14.7. The Bertz CT molecular complexity index is 774. The molecule has 1 aromatic heterocycles. The van der Waals surface area contributed by atoms with E-state index in [1.54, 1.807) is 24.8 Å². The minimum atomic E-state index is -0.846. The number of halogens is 2. The van der Waals surface area contributed by atoms with Crippen molar-refractivity contribution < 1.29 is 18.1 Å². The van der Waals surface area contributed by atoms with E-state index >= 15 is 0 Å². The molecule has 0 saturated carbocycles. The number of nitrogens with zero attached hydrogens (tertiary/aromatic N) is 4. The van der Waals surface area contributed by atoms with Crippen molar-refractivity contribution in [3.63, 3.8) is 0 Å². The van der Waals surface area contributed by atoms with E-state index < -0.39 is 11.6 Å². The van der Waals surface area contributed by atoms with E-state index in [9.17, 15) is 13.6 Å². The number of urea groups is 1. The minimum Gasteiger partial charge on any atom is -0.337 e. The SMILES string of the molecule is Cc1noc([C@H](C)NC(=O)N2CCN(Cc3ccc(F)c(F)c3)CC2)n1. The van der Waals surface area contributed by atoms with Gasteiger partial charge in [0.25, 0.3) is 0 Å². The first-order valence-electron chi connectivity index (χ1n) is 8.44. The van der Waals surface area contributed by atoms with Crippen LogP contribution in [0.15, 0.2) is 22.7 Å². The molecule has 2 heterocycles. The van der Waals surface area contributed by atoms with Gasteiger partial charge >= 0.3 is 6.03 Å². The molecule has 0 aliphatic carbocycles. The number of hydrogen-bond donors (Lipinski definition) is 1. The van der Waals surface area contributed by atoms with E-state index in [1.165, 1.54) is 6.07 Å². The molecule has 9 heteroatoms. The lowest BCUT2D eigenvalue weighted by Crippen LogP contribution is -2.51. The lowest BCUT2D eigenvalue weighted by atomic mass is 10.2. The van der Waals surface area contributed by atoms with Gasteiger partial charge in [-0.25, -0.2) is 13.6 Å². The average Bonchev–Trinajstić information content (AvgIpc) is 3.05. The molecule has 1 aliphatic rings. The average molecular weight is 365 g/mol. The summed E-state index contributed by atoms with van der Waals surface area (Å²) >= 11 is 0. The summed E-state index contributed by atoms with van der Waals surface area (Å²) < 4.78 is 31.3. The van der Waals surface area contributed by atoms with Crippen molar-refractivity contribution in [1.29, 1.82) is 0 Å². The summed E-state index contributed by atoms with van der Waals surface area (Å²) in [7, 11) is 0.